The number of hydrogen-bond acceptors (Lipinski definition) is 1. The SMILES string of the molecule is CCc1cc(F)c(C(N)=O)c(F)c1. The fraction of sp³-hybridized carbons (Fsp3) is 0.222. The molecule has 1 aromatic rings. The van der Waals surface area contributed by atoms with E-state index in [4.69, 9.17) is 5.73 Å². The Morgan fingerprint density at radius 1 is 1.38 bits per heavy atom. The van der Waals surface area contributed by atoms with E-state index in [-0.39, 0.29) is 0 Å². The summed E-state index contributed by atoms with van der Waals surface area (Å²) in [6.07, 6.45) is 0.507. The van der Waals surface area contributed by atoms with E-state index >= 15 is 0 Å². The summed E-state index contributed by atoms with van der Waals surface area (Å²) in [5.41, 5.74) is 4.62. The van der Waals surface area contributed by atoms with Gasteiger partial charge in [-0.05, 0) is 24.1 Å². The minimum absolute atomic E-state index is 0.500. The highest BCUT2D eigenvalue weighted by molar-refractivity contribution is 5.93. The molecular formula is C9H9F2NO. The number of hydrogen-bond donors (Lipinski definition) is 1. The van der Waals surface area contributed by atoms with Crippen molar-refractivity contribution in [3.05, 3.63) is 34.9 Å². The Bertz CT molecular complexity index is 326. The van der Waals surface area contributed by atoms with E-state index in [9.17, 15) is 13.6 Å². The smallest absolute Gasteiger partial charge is 0.254 e. The van der Waals surface area contributed by atoms with Crippen LogP contribution in [0.3, 0.4) is 0 Å². The van der Waals surface area contributed by atoms with Crippen LogP contribution in [0.2, 0.25) is 0 Å². The van der Waals surface area contributed by atoms with E-state index < -0.39 is 23.1 Å². The van der Waals surface area contributed by atoms with E-state index in [2.05, 4.69) is 0 Å². The van der Waals surface area contributed by atoms with Gasteiger partial charge in [-0.1, -0.05) is 6.92 Å². The molecule has 1 amide bonds. The number of nitrogens with two attached hydrogens (primary N) is 1. The van der Waals surface area contributed by atoms with E-state index in [0.29, 0.717) is 12.0 Å². The van der Waals surface area contributed by atoms with E-state index in [1.165, 1.54) is 0 Å². The highest BCUT2D eigenvalue weighted by atomic mass is 19.1. The van der Waals surface area contributed by atoms with Crippen LogP contribution in [0.25, 0.3) is 0 Å². The average molecular weight is 185 g/mol. The molecule has 0 radical (unpaired) electrons. The number of carbonyl (C=O) groups is 1. The van der Waals surface area contributed by atoms with Crippen molar-refractivity contribution in [1.29, 1.82) is 0 Å². The molecule has 0 saturated carbocycles. The van der Waals surface area contributed by atoms with Crippen LogP contribution in [-0.4, -0.2) is 5.91 Å². The van der Waals surface area contributed by atoms with Crippen molar-refractivity contribution >= 4 is 5.91 Å². The maximum absolute atomic E-state index is 13.0. The normalized spacial score (nSPS) is 10.1. The molecule has 0 saturated heterocycles. The summed E-state index contributed by atoms with van der Waals surface area (Å²) in [5, 5.41) is 0. The molecule has 0 fully saturated rings. The molecule has 0 aliphatic carbocycles. The van der Waals surface area contributed by atoms with E-state index in [0.717, 1.165) is 12.1 Å². The minimum Gasteiger partial charge on any atom is -0.365 e. The summed E-state index contributed by atoms with van der Waals surface area (Å²) < 4.78 is 26.0. The third-order valence-electron chi connectivity index (χ3n) is 1.76. The lowest BCUT2D eigenvalue weighted by Crippen LogP contribution is -2.15. The Labute approximate surface area is 74.4 Å². The molecule has 0 atom stereocenters. The van der Waals surface area contributed by atoms with Crippen molar-refractivity contribution in [3.8, 4) is 0 Å². The molecule has 0 aliphatic heterocycles. The van der Waals surface area contributed by atoms with Crippen molar-refractivity contribution in [1.82, 2.24) is 0 Å². The first-order valence-electron chi connectivity index (χ1n) is 3.84. The largest absolute Gasteiger partial charge is 0.365 e. The van der Waals surface area contributed by atoms with Crippen LogP contribution in [0.1, 0.15) is 22.8 Å². The molecule has 0 aromatic heterocycles. The average Bonchev–Trinajstić information content (AvgIpc) is 2.02. The molecule has 2 N–H and O–H groups in total. The third kappa shape index (κ3) is 1.83. The van der Waals surface area contributed by atoms with Crippen LogP contribution in [0.4, 0.5) is 8.78 Å². The van der Waals surface area contributed by atoms with Gasteiger partial charge >= 0.3 is 0 Å². The Balaban J connectivity index is 3.31. The lowest BCUT2D eigenvalue weighted by atomic mass is 10.1. The first kappa shape index (κ1) is 9.64. The van der Waals surface area contributed by atoms with Gasteiger partial charge in [0.2, 0.25) is 0 Å². The quantitative estimate of drug-likeness (QED) is 0.747. The first-order valence-corrected chi connectivity index (χ1v) is 3.84. The minimum atomic E-state index is -1.09. The molecule has 0 heterocycles. The van der Waals surface area contributed by atoms with Crippen molar-refractivity contribution in [2.45, 2.75) is 13.3 Å². The second-order valence-corrected chi connectivity index (χ2v) is 2.65. The fourth-order valence-electron chi connectivity index (χ4n) is 1.07. The van der Waals surface area contributed by atoms with Gasteiger partial charge < -0.3 is 5.73 Å². The number of primary amides is 1. The van der Waals surface area contributed by atoms with Gasteiger partial charge in [0.15, 0.2) is 0 Å². The maximum atomic E-state index is 13.0. The van der Waals surface area contributed by atoms with Crippen molar-refractivity contribution < 1.29 is 13.6 Å². The summed E-state index contributed by atoms with van der Waals surface area (Å²) in [7, 11) is 0. The Morgan fingerprint density at radius 3 is 2.15 bits per heavy atom. The second kappa shape index (κ2) is 3.51. The van der Waals surface area contributed by atoms with Crippen molar-refractivity contribution in [2.75, 3.05) is 0 Å². The summed E-state index contributed by atoms with van der Waals surface area (Å²) in [6.45, 7) is 1.76. The molecule has 4 heteroatoms. The topological polar surface area (TPSA) is 43.1 Å². The molecular weight excluding hydrogens is 176 g/mol. The number of amides is 1. The molecule has 0 unspecified atom stereocenters. The number of benzene rings is 1. The van der Waals surface area contributed by atoms with Crippen LogP contribution in [-0.2, 0) is 6.42 Å². The predicted molar refractivity (Wildman–Crippen MR) is 44.3 cm³/mol. The fourth-order valence-corrected chi connectivity index (χ4v) is 1.07. The predicted octanol–water partition coefficient (Wildman–Crippen LogP) is 1.63. The number of carbonyl (C=O) groups excluding carboxylic acids is 1. The lowest BCUT2D eigenvalue weighted by Gasteiger charge is -2.02. The van der Waals surface area contributed by atoms with Gasteiger partial charge in [-0.2, -0.15) is 0 Å². The van der Waals surface area contributed by atoms with Crippen LogP contribution in [0.5, 0.6) is 0 Å². The van der Waals surface area contributed by atoms with Gasteiger partial charge in [0.25, 0.3) is 5.91 Å². The zero-order chi connectivity index (χ0) is 10.0. The zero-order valence-electron chi connectivity index (χ0n) is 7.10. The Morgan fingerprint density at radius 2 is 1.85 bits per heavy atom. The molecule has 1 aromatic carbocycles. The molecule has 0 spiro atoms. The van der Waals surface area contributed by atoms with Gasteiger partial charge in [0.1, 0.15) is 17.2 Å². The standard InChI is InChI=1S/C9H9F2NO/c1-2-5-3-6(10)8(9(12)13)7(11)4-5/h3-4H,2H2,1H3,(H2,12,13). The van der Waals surface area contributed by atoms with Crippen LogP contribution >= 0.6 is 0 Å². The van der Waals surface area contributed by atoms with Crippen molar-refractivity contribution in [2.24, 2.45) is 5.73 Å². The molecule has 13 heavy (non-hydrogen) atoms. The monoisotopic (exact) mass is 185 g/mol. The summed E-state index contributed by atoms with van der Waals surface area (Å²) >= 11 is 0. The second-order valence-electron chi connectivity index (χ2n) is 2.65. The maximum Gasteiger partial charge on any atom is 0.254 e. The summed E-state index contributed by atoms with van der Waals surface area (Å²) in [5.74, 6) is -2.88. The van der Waals surface area contributed by atoms with Gasteiger partial charge in [0, 0.05) is 0 Å². The van der Waals surface area contributed by atoms with Crippen LogP contribution in [0.15, 0.2) is 12.1 Å². The van der Waals surface area contributed by atoms with Gasteiger partial charge in [-0.15, -0.1) is 0 Å². The van der Waals surface area contributed by atoms with Gasteiger partial charge in [0.05, 0.1) is 0 Å². The van der Waals surface area contributed by atoms with Crippen molar-refractivity contribution in [3.63, 3.8) is 0 Å². The zero-order valence-corrected chi connectivity index (χ0v) is 7.10. The van der Waals surface area contributed by atoms with Crippen LogP contribution in [0, 0.1) is 11.6 Å². The number of halogens is 2. The summed E-state index contributed by atoms with van der Waals surface area (Å²) in [4.78, 5) is 10.6. The van der Waals surface area contributed by atoms with E-state index in [1.807, 2.05) is 0 Å². The molecule has 70 valence electrons. The highest BCUT2D eigenvalue weighted by Gasteiger charge is 2.15. The summed E-state index contributed by atoms with van der Waals surface area (Å²) in [6, 6.07) is 2.23. The third-order valence-corrected chi connectivity index (χ3v) is 1.76. The molecule has 0 bridgehead atoms. The lowest BCUT2D eigenvalue weighted by molar-refractivity contribution is 0.0992. The molecule has 1 rings (SSSR count). The molecule has 2 nitrogen and oxygen atoms in total. The Hall–Kier alpha value is -1.45. The van der Waals surface area contributed by atoms with Gasteiger partial charge in [-0.25, -0.2) is 8.78 Å². The van der Waals surface area contributed by atoms with Crippen LogP contribution < -0.4 is 5.73 Å². The van der Waals surface area contributed by atoms with E-state index in [1.54, 1.807) is 6.92 Å². The number of aryl methyl sites for hydroxylation is 1. The number of rotatable bonds is 2. The first-order chi connectivity index (χ1) is 6.06. The highest BCUT2D eigenvalue weighted by Crippen LogP contribution is 2.15. The van der Waals surface area contributed by atoms with Gasteiger partial charge in [-0.3, -0.25) is 4.79 Å². The molecule has 0 aliphatic rings. The Kier molecular flexibility index (Phi) is 2.60.